The molecule has 1 atom stereocenters. The minimum absolute atomic E-state index is 0.00386. The van der Waals surface area contributed by atoms with E-state index >= 15 is 0 Å². The number of ether oxygens (including phenoxy) is 1. The molecule has 1 unspecified atom stereocenters. The lowest BCUT2D eigenvalue weighted by atomic mass is 10.1. The lowest BCUT2D eigenvalue weighted by molar-refractivity contribution is -0.126. The van der Waals surface area contributed by atoms with Crippen LogP contribution in [0.15, 0.2) is 18.2 Å². The molecule has 1 aromatic carbocycles. The van der Waals surface area contributed by atoms with Crippen molar-refractivity contribution < 1.29 is 9.53 Å². The van der Waals surface area contributed by atoms with Gasteiger partial charge in [0.25, 0.3) is 5.91 Å². The topological polar surface area (TPSA) is 55.6 Å². The molecule has 0 aromatic heterocycles. The molecule has 0 spiro atoms. The van der Waals surface area contributed by atoms with E-state index in [1.165, 1.54) is 0 Å². The second-order valence-corrected chi connectivity index (χ2v) is 3.92. The molecule has 4 heteroatoms. The van der Waals surface area contributed by atoms with Crippen LogP contribution in [-0.2, 0) is 11.3 Å². The number of nitrogens with two attached hydrogens (primary N) is 1. The van der Waals surface area contributed by atoms with E-state index in [9.17, 15) is 4.79 Å². The Morgan fingerprint density at radius 3 is 2.88 bits per heavy atom. The van der Waals surface area contributed by atoms with Crippen LogP contribution in [0.4, 0.5) is 5.69 Å². The van der Waals surface area contributed by atoms with Crippen LogP contribution in [0.1, 0.15) is 18.9 Å². The van der Waals surface area contributed by atoms with E-state index in [-0.39, 0.29) is 12.0 Å². The van der Waals surface area contributed by atoms with E-state index in [2.05, 4.69) is 0 Å². The van der Waals surface area contributed by atoms with Gasteiger partial charge in [-0.3, -0.25) is 4.79 Å². The Bertz CT molecular complexity index is 417. The highest BCUT2D eigenvalue weighted by molar-refractivity contribution is 5.99. The summed E-state index contributed by atoms with van der Waals surface area (Å²) >= 11 is 0. The summed E-state index contributed by atoms with van der Waals surface area (Å²) in [5, 5.41) is 0. The van der Waals surface area contributed by atoms with Gasteiger partial charge in [-0.25, -0.2) is 0 Å². The molecule has 0 saturated carbocycles. The molecule has 0 aliphatic carbocycles. The van der Waals surface area contributed by atoms with Crippen molar-refractivity contribution in [3.63, 3.8) is 0 Å². The minimum Gasteiger partial charge on any atom is -0.478 e. The molecule has 16 heavy (non-hydrogen) atoms. The van der Waals surface area contributed by atoms with Gasteiger partial charge < -0.3 is 15.4 Å². The maximum absolute atomic E-state index is 11.9. The minimum atomic E-state index is -0.360. The summed E-state index contributed by atoms with van der Waals surface area (Å²) in [6.07, 6.45) is 0.322. The van der Waals surface area contributed by atoms with Crippen molar-refractivity contribution >= 4 is 11.6 Å². The SMILES string of the molecule is CCC1Oc2ccc(CN)cc2N(C)C1=O. The number of rotatable bonds is 2. The molecule has 4 nitrogen and oxygen atoms in total. The number of likely N-dealkylation sites (N-methyl/N-ethyl adjacent to an activating group) is 1. The molecule has 0 bridgehead atoms. The largest absolute Gasteiger partial charge is 0.478 e. The predicted octanol–water partition coefficient (Wildman–Crippen LogP) is 1.28. The zero-order valence-electron chi connectivity index (χ0n) is 9.56. The zero-order valence-corrected chi connectivity index (χ0v) is 9.56. The van der Waals surface area contributed by atoms with Gasteiger partial charge in [0, 0.05) is 13.6 Å². The van der Waals surface area contributed by atoms with E-state index in [1.54, 1.807) is 11.9 Å². The standard InChI is InChI=1S/C12H16N2O2/c1-3-10-12(15)14(2)9-6-8(7-13)4-5-11(9)16-10/h4-6,10H,3,7,13H2,1-2H3. The van der Waals surface area contributed by atoms with Gasteiger partial charge in [-0.15, -0.1) is 0 Å². The number of nitrogens with zero attached hydrogens (tertiary/aromatic N) is 1. The molecular formula is C12H16N2O2. The number of hydrogen-bond acceptors (Lipinski definition) is 3. The van der Waals surface area contributed by atoms with E-state index in [0.29, 0.717) is 13.0 Å². The van der Waals surface area contributed by atoms with Crippen molar-refractivity contribution in [1.29, 1.82) is 0 Å². The molecule has 1 aliphatic rings. The Hall–Kier alpha value is -1.55. The summed E-state index contributed by atoms with van der Waals surface area (Å²) in [5.41, 5.74) is 7.37. The first-order chi connectivity index (χ1) is 7.67. The first kappa shape index (κ1) is 11.0. The van der Waals surface area contributed by atoms with Gasteiger partial charge in [-0.05, 0) is 24.1 Å². The number of carbonyl (C=O) groups is 1. The summed E-state index contributed by atoms with van der Waals surface area (Å²) in [4.78, 5) is 13.5. The van der Waals surface area contributed by atoms with Crippen LogP contribution in [0, 0.1) is 0 Å². The number of anilines is 1. The van der Waals surface area contributed by atoms with Crippen LogP contribution < -0.4 is 15.4 Å². The summed E-state index contributed by atoms with van der Waals surface area (Å²) in [6, 6.07) is 5.71. The van der Waals surface area contributed by atoms with Gasteiger partial charge in [-0.1, -0.05) is 13.0 Å². The molecule has 1 amide bonds. The summed E-state index contributed by atoms with van der Waals surface area (Å²) in [5.74, 6) is 0.760. The summed E-state index contributed by atoms with van der Waals surface area (Å²) in [6.45, 7) is 2.40. The lowest BCUT2D eigenvalue weighted by Crippen LogP contribution is -2.43. The number of hydrogen-bond donors (Lipinski definition) is 1. The maximum atomic E-state index is 11.9. The van der Waals surface area contributed by atoms with Crippen molar-refractivity contribution in [3.05, 3.63) is 23.8 Å². The van der Waals surface area contributed by atoms with Crippen molar-refractivity contribution in [1.82, 2.24) is 0 Å². The smallest absolute Gasteiger partial charge is 0.267 e. The lowest BCUT2D eigenvalue weighted by Gasteiger charge is -2.31. The highest BCUT2D eigenvalue weighted by atomic mass is 16.5. The first-order valence-electron chi connectivity index (χ1n) is 5.44. The number of amides is 1. The molecule has 2 rings (SSSR count). The molecule has 86 valence electrons. The Morgan fingerprint density at radius 2 is 2.25 bits per heavy atom. The third-order valence-corrected chi connectivity index (χ3v) is 2.87. The molecule has 1 heterocycles. The fraction of sp³-hybridized carbons (Fsp3) is 0.417. The molecule has 0 radical (unpaired) electrons. The van der Waals surface area contributed by atoms with Crippen LogP contribution in [0.3, 0.4) is 0 Å². The predicted molar refractivity (Wildman–Crippen MR) is 62.5 cm³/mol. The maximum Gasteiger partial charge on any atom is 0.267 e. The highest BCUT2D eigenvalue weighted by Crippen LogP contribution is 2.34. The number of fused-ring (bicyclic) bond motifs is 1. The first-order valence-corrected chi connectivity index (χ1v) is 5.44. The summed E-state index contributed by atoms with van der Waals surface area (Å²) < 4.78 is 5.63. The molecule has 1 aliphatic heterocycles. The zero-order chi connectivity index (χ0) is 11.7. The molecule has 0 saturated heterocycles. The normalized spacial score (nSPS) is 19.3. The van der Waals surface area contributed by atoms with Gasteiger partial charge >= 0.3 is 0 Å². The monoisotopic (exact) mass is 220 g/mol. The Kier molecular flexibility index (Phi) is 2.83. The number of carbonyl (C=O) groups excluding carboxylic acids is 1. The van der Waals surface area contributed by atoms with Gasteiger partial charge in [-0.2, -0.15) is 0 Å². The fourth-order valence-electron chi connectivity index (χ4n) is 1.85. The van der Waals surface area contributed by atoms with Crippen molar-refractivity contribution in [2.75, 3.05) is 11.9 Å². The van der Waals surface area contributed by atoms with Gasteiger partial charge in [0.05, 0.1) is 5.69 Å². The molecular weight excluding hydrogens is 204 g/mol. The van der Waals surface area contributed by atoms with E-state index in [1.807, 2.05) is 25.1 Å². The van der Waals surface area contributed by atoms with Crippen LogP contribution in [-0.4, -0.2) is 19.1 Å². The van der Waals surface area contributed by atoms with Crippen LogP contribution in [0.25, 0.3) is 0 Å². The van der Waals surface area contributed by atoms with Crippen LogP contribution >= 0.6 is 0 Å². The Morgan fingerprint density at radius 1 is 1.50 bits per heavy atom. The third kappa shape index (κ3) is 1.65. The second-order valence-electron chi connectivity index (χ2n) is 3.92. The van der Waals surface area contributed by atoms with Crippen LogP contribution in [0.5, 0.6) is 5.75 Å². The van der Waals surface area contributed by atoms with Gasteiger partial charge in [0.15, 0.2) is 6.10 Å². The summed E-state index contributed by atoms with van der Waals surface area (Å²) in [7, 11) is 1.77. The molecule has 0 fully saturated rings. The average molecular weight is 220 g/mol. The number of benzene rings is 1. The molecule has 1 aromatic rings. The van der Waals surface area contributed by atoms with Crippen molar-refractivity contribution in [2.24, 2.45) is 5.73 Å². The van der Waals surface area contributed by atoms with E-state index in [0.717, 1.165) is 17.0 Å². The Balaban J connectivity index is 2.42. The van der Waals surface area contributed by atoms with E-state index in [4.69, 9.17) is 10.5 Å². The van der Waals surface area contributed by atoms with Crippen LogP contribution in [0.2, 0.25) is 0 Å². The highest BCUT2D eigenvalue weighted by Gasteiger charge is 2.30. The third-order valence-electron chi connectivity index (χ3n) is 2.87. The van der Waals surface area contributed by atoms with Gasteiger partial charge in [0.2, 0.25) is 0 Å². The quantitative estimate of drug-likeness (QED) is 0.816. The molecule has 2 N–H and O–H groups in total. The van der Waals surface area contributed by atoms with Crippen molar-refractivity contribution in [2.45, 2.75) is 26.0 Å². The average Bonchev–Trinajstić information content (AvgIpc) is 2.33. The van der Waals surface area contributed by atoms with E-state index < -0.39 is 0 Å². The Labute approximate surface area is 95.0 Å². The van der Waals surface area contributed by atoms with Gasteiger partial charge in [0.1, 0.15) is 5.75 Å². The van der Waals surface area contributed by atoms with Crippen molar-refractivity contribution in [3.8, 4) is 5.75 Å². The second kappa shape index (κ2) is 4.14. The fourth-order valence-corrected chi connectivity index (χ4v) is 1.85.